The van der Waals surface area contributed by atoms with Gasteiger partial charge in [0.05, 0.1) is 16.7 Å². The van der Waals surface area contributed by atoms with Gasteiger partial charge >= 0.3 is 0 Å². The first-order chi connectivity index (χ1) is 31.1. The second-order valence-electron chi connectivity index (χ2n) is 19.0. The third-order valence-electron chi connectivity index (χ3n) is 13.8. The zero-order valence-electron chi connectivity index (χ0n) is 36.9. The second kappa shape index (κ2) is 14.2. The molecule has 0 saturated heterocycles. The molecule has 64 heavy (non-hydrogen) atoms. The molecule has 11 aromatic rings. The summed E-state index contributed by atoms with van der Waals surface area (Å²) in [6.45, 7) is 11.7. The van der Waals surface area contributed by atoms with Gasteiger partial charge in [-0.3, -0.25) is 0 Å². The van der Waals surface area contributed by atoms with Crippen molar-refractivity contribution in [2.75, 3.05) is 4.90 Å². The highest BCUT2D eigenvalue weighted by atomic mass is 16.3. The van der Waals surface area contributed by atoms with Crippen LogP contribution in [0.5, 0.6) is 0 Å². The van der Waals surface area contributed by atoms with E-state index in [1.807, 2.05) is 12.1 Å². The summed E-state index contributed by atoms with van der Waals surface area (Å²) in [5.74, 6) is 0. The number of aromatic nitrogens is 1. The zero-order chi connectivity index (χ0) is 43.3. The Morgan fingerprint density at radius 1 is 0.453 bits per heavy atom. The Kier molecular flexibility index (Phi) is 8.45. The van der Waals surface area contributed by atoms with Crippen molar-refractivity contribution in [3.8, 4) is 39.1 Å². The highest BCUT2D eigenvalue weighted by Crippen LogP contribution is 2.54. The first-order valence-corrected chi connectivity index (χ1v) is 22.4. The SMILES string of the molecule is CC(C)(C)c1ccc2c(c1)C(C)(C)c1cccc(-c3ccccc3N(c3ccc(-c4ccc5oc6ccccc6c5c4)cc3)c3ccc(-n4c5ccccc5c5ccccc54)cc3)c1-2. The Labute approximate surface area is 374 Å². The highest BCUT2D eigenvalue weighted by molar-refractivity contribution is 6.09. The zero-order valence-corrected chi connectivity index (χ0v) is 36.9. The van der Waals surface area contributed by atoms with Crippen LogP contribution in [0.25, 0.3) is 82.8 Å². The number of rotatable bonds is 6. The number of benzene rings is 9. The van der Waals surface area contributed by atoms with Gasteiger partial charge in [0.15, 0.2) is 0 Å². The molecule has 3 heteroatoms. The molecule has 0 aliphatic heterocycles. The first-order valence-electron chi connectivity index (χ1n) is 22.4. The molecule has 0 amide bonds. The molecule has 0 spiro atoms. The molecule has 1 aliphatic rings. The number of furan rings is 1. The van der Waals surface area contributed by atoms with Gasteiger partial charge in [0.2, 0.25) is 0 Å². The molecular weight excluding hydrogens is 777 g/mol. The minimum Gasteiger partial charge on any atom is -0.456 e. The van der Waals surface area contributed by atoms with Crippen molar-refractivity contribution in [1.82, 2.24) is 4.57 Å². The average Bonchev–Trinajstić information content (AvgIpc) is 3.94. The summed E-state index contributed by atoms with van der Waals surface area (Å²) >= 11 is 0. The molecule has 0 atom stereocenters. The Hall–Kier alpha value is -7.62. The van der Waals surface area contributed by atoms with Crippen LogP contribution in [0, 0.1) is 0 Å². The van der Waals surface area contributed by atoms with E-state index < -0.39 is 0 Å². The fourth-order valence-electron chi connectivity index (χ4n) is 10.5. The van der Waals surface area contributed by atoms with E-state index in [-0.39, 0.29) is 10.8 Å². The minimum absolute atomic E-state index is 0.0584. The number of fused-ring (bicyclic) bond motifs is 9. The van der Waals surface area contributed by atoms with Crippen molar-refractivity contribution >= 4 is 60.8 Å². The molecule has 308 valence electrons. The van der Waals surface area contributed by atoms with Gasteiger partial charge in [-0.2, -0.15) is 0 Å². The molecule has 2 heterocycles. The highest BCUT2D eigenvalue weighted by Gasteiger charge is 2.38. The van der Waals surface area contributed by atoms with Gasteiger partial charge in [0.1, 0.15) is 11.2 Å². The Morgan fingerprint density at radius 3 is 1.77 bits per heavy atom. The monoisotopic (exact) mass is 824 g/mol. The summed E-state index contributed by atoms with van der Waals surface area (Å²) in [4.78, 5) is 2.44. The fraction of sp³-hybridized carbons (Fsp3) is 0.115. The molecule has 0 saturated carbocycles. The van der Waals surface area contributed by atoms with Crippen LogP contribution in [0.1, 0.15) is 51.3 Å². The number of hydrogen-bond donors (Lipinski definition) is 0. The smallest absolute Gasteiger partial charge is 0.135 e. The van der Waals surface area contributed by atoms with Crippen LogP contribution in [-0.2, 0) is 10.8 Å². The maximum Gasteiger partial charge on any atom is 0.135 e. The van der Waals surface area contributed by atoms with E-state index in [0.29, 0.717) is 0 Å². The van der Waals surface area contributed by atoms with Crippen molar-refractivity contribution in [1.29, 1.82) is 0 Å². The standard InChI is InChI=1S/C61H48N2O/c1-60(2,3)41-28-35-50-53(38-41)61(4,5)52-20-14-19-49(59(50)52)47-17-8-10-21-54(47)62(42-29-25-39(26-30-42)40-27-36-58-51(37-40)48-18-9-13-24-57(48)64-58)43-31-33-44(34-32-43)63-55-22-11-6-15-45(55)46-16-7-12-23-56(46)63/h6-38H,1-5H3. The maximum absolute atomic E-state index is 6.18. The van der Waals surface area contributed by atoms with E-state index in [4.69, 9.17) is 4.42 Å². The molecule has 0 fully saturated rings. The van der Waals surface area contributed by atoms with Gasteiger partial charge in [-0.05, 0) is 123 Å². The Balaban J connectivity index is 1.02. The lowest BCUT2D eigenvalue weighted by atomic mass is 9.79. The first kappa shape index (κ1) is 38.1. The molecule has 0 bridgehead atoms. The summed E-state index contributed by atoms with van der Waals surface area (Å²) < 4.78 is 8.57. The normalized spacial score (nSPS) is 13.2. The Bertz CT molecular complexity index is 3560. The number of hydrogen-bond acceptors (Lipinski definition) is 2. The molecule has 12 rings (SSSR count). The summed E-state index contributed by atoms with van der Waals surface area (Å²) in [6, 6.07) is 73.4. The summed E-state index contributed by atoms with van der Waals surface area (Å²) in [5, 5.41) is 4.78. The van der Waals surface area contributed by atoms with Crippen LogP contribution in [0.3, 0.4) is 0 Å². The number of nitrogens with zero attached hydrogens (tertiary/aromatic N) is 2. The summed E-state index contributed by atoms with van der Waals surface area (Å²) in [7, 11) is 0. The van der Waals surface area contributed by atoms with Crippen LogP contribution in [-0.4, -0.2) is 4.57 Å². The molecule has 2 aromatic heterocycles. The summed E-state index contributed by atoms with van der Waals surface area (Å²) in [5.41, 5.74) is 20.1. The molecule has 3 nitrogen and oxygen atoms in total. The van der Waals surface area contributed by atoms with E-state index in [1.54, 1.807) is 0 Å². The lowest BCUT2D eigenvalue weighted by Crippen LogP contribution is -2.17. The quantitative estimate of drug-likeness (QED) is 0.167. The predicted molar refractivity (Wildman–Crippen MR) is 270 cm³/mol. The number of anilines is 3. The van der Waals surface area contributed by atoms with Crippen LogP contribution in [0.15, 0.2) is 205 Å². The van der Waals surface area contributed by atoms with Crippen molar-refractivity contribution in [3.05, 3.63) is 217 Å². The average molecular weight is 825 g/mol. The third kappa shape index (κ3) is 5.88. The minimum atomic E-state index is -0.138. The summed E-state index contributed by atoms with van der Waals surface area (Å²) in [6.07, 6.45) is 0. The van der Waals surface area contributed by atoms with Gasteiger partial charge in [0, 0.05) is 49.6 Å². The van der Waals surface area contributed by atoms with Gasteiger partial charge < -0.3 is 13.9 Å². The van der Waals surface area contributed by atoms with Gasteiger partial charge in [-0.15, -0.1) is 0 Å². The van der Waals surface area contributed by atoms with Gasteiger partial charge in [0.25, 0.3) is 0 Å². The van der Waals surface area contributed by atoms with E-state index in [2.05, 4.69) is 232 Å². The Morgan fingerprint density at radius 2 is 1.05 bits per heavy atom. The fourth-order valence-corrected chi connectivity index (χ4v) is 10.5. The van der Waals surface area contributed by atoms with Crippen LogP contribution in [0.4, 0.5) is 17.1 Å². The van der Waals surface area contributed by atoms with E-state index in [1.165, 1.54) is 60.8 Å². The predicted octanol–water partition coefficient (Wildman–Crippen LogP) is 17.1. The molecule has 1 aliphatic carbocycles. The molecular formula is C61H48N2O. The van der Waals surface area contributed by atoms with E-state index in [9.17, 15) is 0 Å². The van der Waals surface area contributed by atoms with Crippen LogP contribution < -0.4 is 4.90 Å². The van der Waals surface area contributed by atoms with E-state index >= 15 is 0 Å². The lowest BCUT2D eigenvalue weighted by Gasteiger charge is -2.29. The van der Waals surface area contributed by atoms with Crippen molar-refractivity contribution < 1.29 is 4.42 Å². The molecule has 0 N–H and O–H groups in total. The van der Waals surface area contributed by atoms with Crippen LogP contribution >= 0.6 is 0 Å². The topological polar surface area (TPSA) is 21.3 Å². The van der Waals surface area contributed by atoms with E-state index in [0.717, 1.165) is 55.8 Å². The largest absolute Gasteiger partial charge is 0.456 e. The lowest BCUT2D eigenvalue weighted by molar-refractivity contribution is 0.584. The second-order valence-corrected chi connectivity index (χ2v) is 19.0. The molecule has 0 unspecified atom stereocenters. The van der Waals surface area contributed by atoms with Crippen molar-refractivity contribution in [3.63, 3.8) is 0 Å². The number of para-hydroxylation sites is 4. The van der Waals surface area contributed by atoms with Gasteiger partial charge in [-0.1, -0.05) is 162 Å². The third-order valence-corrected chi connectivity index (χ3v) is 13.8. The van der Waals surface area contributed by atoms with Crippen molar-refractivity contribution in [2.45, 2.75) is 45.4 Å². The van der Waals surface area contributed by atoms with Gasteiger partial charge in [-0.25, -0.2) is 0 Å². The maximum atomic E-state index is 6.18. The van der Waals surface area contributed by atoms with Crippen LogP contribution in [0.2, 0.25) is 0 Å². The molecule has 0 radical (unpaired) electrons. The van der Waals surface area contributed by atoms with Crippen molar-refractivity contribution in [2.24, 2.45) is 0 Å². The molecule has 9 aromatic carbocycles.